The third-order valence-corrected chi connectivity index (χ3v) is 9.53. The molecule has 0 amide bonds. The van der Waals surface area contributed by atoms with Crippen molar-refractivity contribution < 1.29 is 24.1 Å². The first-order chi connectivity index (χ1) is 12.4. The average molecular weight is 362 g/mol. The first-order valence-corrected chi connectivity index (χ1v) is 10.6. The molecule has 144 valence electrons. The van der Waals surface area contributed by atoms with Gasteiger partial charge in [-0.3, -0.25) is 4.79 Å². The van der Waals surface area contributed by atoms with E-state index in [1.165, 1.54) is 0 Å². The molecule has 0 bridgehead atoms. The summed E-state index contributed by atoms with van der Waals surface area (Å²) >= 11 is 0. The van der Waals surface area contributed by atoms with Crippen molar-refractivity contribution in [2.24, 2.45) is 22.7 Å². The molecule has 0 spiro atoms. The molecule has 3 heterocycles. The fourth-order valence-corrected chi connectivity index (χ4v) is 7.65. The number of ether oxygens (including phenoxy) is 3. The lowest BCUT2D eigenvalue weighted by atomic mass is 9.43. The molecular weight excluding hydrogens is 332 g/mol. The Kier molecular flexibility index (Phi) is 3.04. The molecular formula is C21H30O5. The van der Waals surface area contributed by atoms with Crippen molar-refractivity contribution in [3.8, 4) is 0 Å². The van der Waals surface area contributed by atoms with Gasteiger partial charge in [-0.05, 0) is 70.1 Å². The fraction of sp³-hybridized carbons (Fsp3) is 0.952. The maximum Gasteiger partial charge on any atom is 0.310 e. The SMILES string of the molecule is CC1(C(=O)O)CCC2OC2(C2CCC3OC3C2)C1(C)C1CCC2OC2C1. The van der Waals surface area contributed by atoms with Crippen LogP contribution in [0.5, 0.6) is 0 Å². The van der Waals surface area contributed by atoms with E-state index in [9.17, 15) is 9.90 Å². The molecule has 10 atom stereocenters. The van der Waals surface area contributed by atoms with Crippen LogP contribution in [-0.4, -0.2) is 47.2 Å². The van der Waals surface area contributed by atoms with Crippen molar-refractivity contribution >= 4 is 5.97 Å². The third-order valence-electron chi connectivity index (χ3n) is 9.53. The van der Waals surface area contributed by atoms with Gasteiger partial charge in [-0.1, -0.05) is 6.92 Å². The first-order valence-electron chi connectivity index (χ1n) is 10.6. The van der Waals surface area contributed by atoms with Gasteiger partial charge >= 0.3 is 5.97 Å². The van der Waals surface area contributed by atoms with Crippen molar-refractivity contribution in [1.29, 1.82) is 0 Å². The van der Waals surface area contributed by atoms with Gasteiger partial charge in [0.15, 0.2) is 0 Å². The summed E-state index contributed by atoms with van der Waals surface area (Å²) in [6, 6.07) is 0. The highest BCUT2D eigenvalue weighted by Gasteiger charge is 2.80. The summed E-state index contributed by atoms with van der Waals surface area (Å²) in [5.74, 6) is 0.178. The zero-order valence-electron chi connectivity index (χ0n) is 15.8. The number of hydrogen-bond acceptors (Lipinski definition) is 4. The van der Waals surface area contributed by atoms with Gasteiger partial charge in [-0.15, -0.1) is 0 Å². The van der Waals surface area contributed by atoms with Crippen molar-refractivity contribution in [3.05, 3.63) is 0 Å². The molecule has 6 fully saturated rings. The molecule has 1 N–H and O–H groups in total. The Balaban J connectivity index is 1.43. The maximum atomic E-state index is 12.6. The Labute approximate surface area is 154 Å². The van der Waals surface area contributed by atoms with Crippen LogP contribution in [0.4, 0.5) is 0 Å². The van der Waals surface area contributed by atoms with Gasteiger partial charge in [0, 0.05) is 5.41 Å². The van der Waals surface area contributed by atoms with Crippen LogP contribution in [0.15, 0.2) is 0 Å². The summed E-state index contributed by atoms with van der Waals surface area (Å²) in [7, 11) is 0. The normalized spacial score (nSPS) is 62.5. The van der Waals surface area contributed by atoms with Crippen LogP contribution in [0.2, 0.25) is 0 Å². The predicted octanol–water partition coefficient (Wildman–Crippen LogP) is 3.15. The Bertz CT molecular complexity index is 665. The topological polar surface area (TPSA) is 74.9 Å². The van der Waals surface area contributed by atoms with E-state index >= 15 is 0 Å². The van der Waals surface area contributed by atoms with Gasteiger partial charge in [-0.2, -0.15) is 0 Å². The van der Waals surface area contributed by atoms with Crippen LogP contribution in [0, 0.1) is 22.7 Å². The summed E-state index contributed by atoms with van der Waals surface area (Å²) in [5, 5.41) is 10.3. The number of carboxylic acids is 1. The largest absolute Gasteiger partial charge is 0.481 e. The molecule has 6 aliphatic rings. The lowest BCUT2D eigenvalue weighted by molar-refractivity contribution is -0.176. The van der Waals surface area contributed by atoms with E-state index in [4.69, 9.17) is 14.2 Å². The number of epoxide rings is 3. The highest BCUT2D eigenvalue weighted by Crippen LogP contribution is 2.74. The van der Waals surface area contributed by atoms with Crippen LogP contribution in [0.25, 0.3) is 0 Å². The van der Waals surface area contributed by atoms with Gasteiger partial charge in [0.05, 0.1) is 35.9 Å². The van der Waals surface area contributed by atoms with E-state index in [1.807, 2.05) is 6.92 Å². The molecule has 0 radical (unpaired) electrons. The van der Waals surface area contributed by atoms with E-state index in [0.717, 1.165) is 51.4 Å². The van der Waals surface area contributed by atoms with E-state index in [1.54, 1.807) is 0 Å². The van der Waals surface area contributed by atoms with Crippen LogP contribution in [0.3, 0.4) is 0 Å². The predicted molar refractivity (Wildman–Crippen MR) is 92.7 cm³/mol. The highest BCUT2D eigenvalue weighted by atomic mass is 16.6. The van der Waals surface area contributed by atoms with Crippen LogP contribution in [0.1, 0.15) is 65.2 Å². The lowest BCUT2D eigenvalue weighted by Gasteiger charge is -2.57. The summed E-state index contributed by atoms with van der Waals surface area (Å²) in [6.45, 7) is 4.28. The van der Waals surface area contributed by atoms with Crippen LogP contribution in [-0.2, 0) is 19.0 Å². The smallest absolute Gasteiger partial charge is 0.310 e. The lowest BCUT2D eigenvalue weighted by Crippen LogP contribution is -2.63. The molecule has 3 saturated carbocycles. The second-order valence-electron chi connectivity index (χ2n) is 10.2. The molecule has 6 rings (SSSR count). The molecule has 0 aromatic carbocycles. The third kappa shape index (κ3) is 1.81. The molecule has 10 unspecified atom stereocenters. The van der Waals surface area contributed by atoms with Crippen LogP contribution < -0.4 is 0 Å². The molecule has 3 aliphatic carbocycles. The number of carboxylic acid groups (broad SMARTS) is 1. The number of aliphatic carboxylic acids is 1. The van der Waals surface area contributed by atoms with Crippen molar-refractivity contribution in [1.82, 2.24) is 0 Å². The molecule has 0 aromatic rings. The molecule has 5 heteroatoms. The maximum absolute atomic E-state index is 12.6. The second kappa shape index (κ2) is 4.84. The Morgan fingerprint density at radius 1 is 0.885 bits per heavy atom. The van der Waals surface area contributed by atoms with E-state index in [-0.39, 0.29) is 17.1 Å². The summed E-state index contributed by atoms with van der Waals surface area (Å²) in [6.07, 6.45) is 10.0. The van der Waals surface area contributed by atoms with Crippen molar-refractivity contribution in [2.75, 3.05) is 0 Å². The van der Waals surface area contributed by atoms with Gasteiger partial charge in [-0.25, -0.2) is 0 Å². The van der Waals surface area contributed by atoms with E-state index < -0.39 is 11.4 Å². The zero-order valence-corrected chi connectivity index (χ0v) is 15.8. The van der Waals surface area contributed by atoms with Gasteiger partial charge in [0.2, 0.25) is 0 Å². The fourth-order valence-electron chi connectivity index (χ4n) is 7.65. The zero-order chi connectivity index (χ0) is 17.9. The summed E-state index contributed by atoms with van der Waals surface area (Å²) in [4.78, 5) is 12.6. The average Bonchev–Trinajstić information content (AvgIpc) is 3.51. The quantitative estimate of drug-likeness (QED) is 0.781. The number of hydrogen-bond donors (Lipinski definition) is 1. The Morgan fingerprint density at radius 2 is 1.50 bits per heavy atom. The summed E-state index contributed by atoms with van der Waals surface area (Å²) in [5.41, 5.74) is -1.33. The van der Waals surface area contributed by atoms with Gasteiger partial charge in [0.25, 0.3) is 0 Å². The monoisotopic (exact) mass is 362 g/mol. The minimum absolute atomic E-state index is 0.248. The molecule has 3 aliphatic heterocycles. The molecule has 5 nitrogen and oxygen atoms in total. The second-order valence-corrected chi connectivity index (χ2v) is 10.2. The van der Waals surface area contributed by atoms with Crippen molar-refractivity contribution in [2.45, 2.75) is 101 Å². The van der Waals surface area contributed by atoms with Gasteiger partial charge < -0.3 is 19.3 Å². The summed E-state index contributed by atoms with van der Waals surface area (Å²) < 4.78 is 18.2. The minimum Gasteiger partial charge on any atom is -0.481 e. The number of rotatable bonds is 3. The highest BCUT2D eigenvalue weighted by molar-refractivity contribution is 5.76. The Hall–Kier alpha value is -0.650. The standard InChI is InChI=1S/C21H30O5/c1-19(18(22)23)8-7-17-21(26-17,12-4-6-14-16(10-12)25-14)20(19,2)11-3-5-13-15(9-11)24-13/h11-17H,3-10H2,1-2H3,(H,22,23). The van der Waals surface area contributed by atoms with Crippen LogP contribution >= 0.6 is 0 Å². The molecule has 0 aromatic heterocycles. The molecule has 3 saturated heterocycles. The number of carbonyl (C=O) groups is 1. The minimum atomic E-state index is -0.729. The molecule has 26 heavy (non-hydrogen) atoms. The van der Waals surface area contributed by atoms with Gasteiger partial charge in [0.1, 0.15) is 5.60 Å². The van der Waals surface area contributed by atoms with Crippen molar-refractivity contribution in [3.63, 3.8) is 0 Å². The van der Waals surface area contributed by atoms with E-state index in [0.29, 0.717) is 36.3 Å². The number of fused-ring (bicyclic) bond motifs is 3. The Morgan fingerprint density at radius 3 is 2.12 bits per heavy atom. The van der Waals surface area contributed by atoms with E-state index in [2.05, 4.69) is 6.92 Å². The first kappa shape index (κ1) is 16.3.